The van der Waals surface area contributed by atoms with E-state index < -0.39 is 11.8 Å². The van der Waals surface area contributed by atoms with E-state index in [4.69, 9.17) is 23.2 Å². The van der Waals surface area contributed by atoms with Crippen molar-refractivity contribution in [2.45, 2.75) is 51.2 Å². The highest BCUT2D eigenvalue weighted by Crippen LogP contribution is 2.43. The molecule has 0 spiro atoms. The third-order valence-electron chi connectivity index (χ3n) is 6.50. The highest BCUT2D eigenvalue weighted by Gasteiger charge is 2.31. The summed E-state index contributed by atoms with van der Waals surface area (Å²) in [5.41, 5.74) is 2.79. The van der Waals surface area contributed by atoms with E-state index in [-0.39, 0.29) is 11.6 Å². The van der Waals surface area contributed by atoms with Gasteiger partial charge in [0.2, 0.25) is 0 Å². The molecule has 2 aliphatic rings. The summed E-state index contributed by atoms with van der Waals surface area (Å²) in [5, 5.41) is 10.6. The fraction of sp³-hybridized carbons (Fsp3) is 0.458. The molecule has 1 heterocycles. The number of carboxylic acid groups (broad SMARTS) is 1. The Balaban J connectivity index is 1.47. The second-order valence-corrected chi connectivity index (χ2v) is 9.68. The van der Waals surface area contributed by atoms with E-state index in [1.54, 1.807) is 12.1 Å². The minimum absolute atomic E-state index is 0.183. The Hall–Kier alpha value is -1.66. The summed E-state index contributed by atoms with van der Waals surface area (Å²) in [6, 6.07) is 9.14. The van der Waals surface area contributed by atoms with Crippen LogP contribution in [0.1, 0.15) is 65.7 Å². The van der Waals surface area contributed by atoms with Crippen molar-refractivity contribution in [2.75, 3.05) is 19.6 Å². The average molecular weight is 465 g/mol. The number of aromatic carboxylic acids is 1. The quantitative estimate of drug-likeness (QED) is 0.571. The minimum atomic E-state index is -1.21. The van der Waals surface area contributed by atoms with Crippen molar-refractivity contribution in [3.05, 3.63) is 68.4 Å². The predicted octanol–water partition coefficient (Wildman–Crippen LogP) is 5.98. The molecule has 1 saturated carbocycles. The Kier molecular flexibility index (Phi) is 6.59. The Morgan fingerprint density at radius 2 is 1.84 bits per heavy atom. The summed E-state index contributed by atoms with van der Waals surface area (Å²) in [5.74, 6) is -1.49. The molecule has 2 aromatic rings. The molecular weight excluding hydrogens is 438 g/mol. The smallest absolute Gasteiger partial charge is 0.338 e. The molecule has 1 aliphatic heterocycles. The molecule has 4 rings (SSSR count). The van der Waals surface area contributed by atoms with Gasteiger partial charge in [-0.25, -0.2) is 9.18 Å². The van der Waals surface area contributed by atoms with E-state index >= 15 is 0 Å². The number of halogens is 3. The molecule has 1 aliphatic carbocycles. The van der Waals surface area contributed by atoms with E-state index in [0.29, 0.717) is 28.5 Å². The summed E-state index contributed by atoms with van der Waals surface area (Å²) in [4.78, 5) is 16.1. The highest BCUT2D eigenvalue weighted by atomic mass is 35.5. The van der Waals surface area contributed by atoms with E-state index in [0.717, 1.165) is 49.2 Å². The number of rotatable bonds is 6. The lowest BCUT2D eigenvalue weighted by Gasteiger charge is -2.43. The normalized spacial score (nSPS) is 21.3. The van der Waals surface area contributed by atoms with E-state index in [1.165, 1.54) is 6.07 Å². The van der Waals surface area contributed by atoms with Crippen molar-refractivity contribution < 1.29 is 14.3 Å². The summed E-state index contributed by atoms with van der Waals surface area (Å²) in [7, 11) is 0. The van der Waals surface area contributed by atoms with Crippen LogP contribution >= 0.6 is 23.2 Å². The predicted molar refractivity (Wildman–Crippen MR) is 122 cm³/mol. The molecule has 4 nitrogen and oxygen atoms in total. The molecule has 0 amide bonds. The van der Waals surface area contributed by atoms with Gasteiger partial charge in [-0.1, -0.05) is 23.2 Å². The van der Waals surface area contributed by atoms with Gasteiger partial charge in [-0.05, 0) is 79.6 Å². The van der Waals surface area contributed by atoms with Crippen LogP contribution in [-0.2, 0) is 6.54 Å². The maximum atomic E-state index is 14.4. The molecule has 31 heavy (non-hydrogen) atoms. The molecule has 2 fully saturated rings. The molecule has 166 valence electrons. The van der Waals surface area contributed by atoms with Gasteiger partial charge in [0.1, 0.15) is 5.82 Å². The van der Waals surface area contributed by atoms with Gasteiger partial charge < -0.3 is 5.11 Å². The zero-order chi connectivity index (χ0) is 22.3. The van der Waals surface area contributed by atoms with Crippen molar-refractivity contribution in [3.63, 3.8) is 0 Å². The monoisotopic (exact) mass is 464 g/mol. The second kappa shape index (κ2) is 9.07. The number of piperazine rings is 1. The van der Waals surface area contributed by atoms with E-state index in [9.17, 15) is 14.3 Å². The third-order valence-corrected chi connectivity index (χ3v) is 6.93. The van der Waals surface area contributed by atoms with Gasteiger partial charge >= 0.3 is 5.97 Å². The Labute approximate surface area is 192 Å². The van der Waals surface area contributed by atoms with Crippen molar-refractivity contribution >= 4 is 29.2 Å². The van der Waals surface area contributed by atoms with E-state index in [2.05, 4.69) is 23.6 Å². The SMILES string of the molecule is C[C@H](c1cc(Cl)cc(Cl)c1)N1CCN(Cc2cc(F)c(C(=O)O)cc2C2CC2)C[C@@H]1C. The molecule has 0 unspecified atom stereocenters. The van der Waals surface area contributed by atoms with Gasteiger partial charge in [0.15, 0.2) is 0 Å². The summed E-state index contributed by atoms with van der Waals surface area (Å²) < 4.78 is 14.4. The van der Waals surface area contributed by atoms with Crippen LogP contribution in [0.4, 0.5) is 4.39 Å². The molecule has 2 atom stereocenters. The molecule has 0 radical (unpaired) electrons. The number of nitrogens with zero attached hydrogens (tertiary/aromatic N) is 2. The molecule has 2 aromatic carbocycles. The van der Waals surface area contributed by atoms with E-state index in [1.807, 2.05) is 12.1 Å². The summed E-state index contributed by atoms with van der Waals surface area (Å²) in [6.07, 6.45) is 2.09. The first-order valence-corrected chi connectivity index (χ1v) is 11.5. The fourth-order valence-corrected chi connectivity index (χ4v) is 5.26. The lowest BCUT2D eigenvalue weighted by molar-refractivity contribution is 0.0503. The van der Waals surface area contributed by atoms with Crippen LogP contribution < -0.4 is 0 Å². The molecule has 0 aromatic heterocycles. The number of hydrogen-bond acceptors (Lipinski definition) is 3. The third kappa shape index (κ3) is 5.06. The molecule has 1 saturated heterocycles. The standard InChI is InChI=1S/C24H27Cl2FN2O2/c1-14-12-28(5-6-29(14)15(2)17-7-19(25)10-20(26)8-17)13-18-9-23(27)22(24(30)31)11-21(18)16-3-4-16/h7-11,14-16H,3-6,12-13H2,1-2H3,(H,30,31)/t14-,15+/m0/s1. The first kappa shape index (κ1) is 22.5. The van der Waals surface area contributed by atoms with Gasteiger partial charge in [-0.15, -0.1) is 0 Å². The first-order valence-electron chi connectivity index (χ1n) is 10.7. The van der Waals surface area contributed by atoms with Crippen LogP contribution in [0, 0.1) is 5.82 Å². The van der Waals surface area contributed by atoms with Crippen LogP contribution in [0.25, 0.3) is 0 Å². The van der Waals surface area contributed by atoms with Crippen molar-refractivity contribution in [1.29, 1.82) is 0 Å². The largest absolute Gasteiger partial charge is 0.478 e. The van der Waals surface area contributed by atoms with Crippen LogP contribution in [0.3, 0.4) is 0 Å². The van der Waals surface area contributed by atoms with Gasteiger partial charge in [-0.3, -0.25) is 9.80 Å². The van der Waals surface area contributed by atoms with Gasteiger partial charge in [-0.2, -0.15) is 0 Å². The maximum absolute atomic E-state index is 14.4. The van der Waals surface area contributed by atoms with Crippen LogP contribution in [0.15, 0.2) is 30.3 Å². The Morgan fingerprint density at radius 1 is 1.16 bits per heavy atom. The van der Waals surface area contributed by atoms with Crippen LogP contribution in [-0.4, -0.2) is 46.6 Å². The lowest BCUT2D eigenvalue weighted by Crippen LogP contribution is -2.52. The van der Waals surface area contributed by atoms with Crippen molar-refractivity contribution in [1.82, 2.24) is 9.80 Å². The van der Waals surface area contributed by atoms with Crippen LogP contribution in [0.2, 0.25) is 10.0 Å². The second-order valence-electron chi connectivity index (χ2n) is 8.81. The first-order chi connectivity index (χ1) is 14.7. The van der Waals surface area contributed by atoms with Crippen LogP contribution in [0.5, 0.6) is 0 Å². The topological polar surface area (TPSA) is 43.8 Å². The summed E-state index contributed by atoms with van der Waals surface area (Å²) >= 11 is 12.4. The Bertz CT molecular complexity index is 976. The average Bonchev–Trinajstić information content (AvgIpc) is 3.52. The van der Waals surface area contributed by atoms with Gasteiger partial charge in [0, 0.05) is 48.3 Å². The molecule has 7 heteroatoms. The highest BCUT2D eigenvalue weighted by molar-refractivity contribution is 6.34. The lowest BCUT2D eigenvalue weighted by atomic mass is 9.98. The number of carbonyl (C=O) groups is 1. The fourth-order valence-electron chi connectivity index (χ4n) is 4.72. The molecule has 1 N–H and O–H groups in total. The zero-order valence-electron chi connectivity index (χ0n) is 17.7. The number of benzene rings is 2. The number of hydrogen-bond donors (Lipinski definition) is 1. The van der Waals surface area contributed by atoms with Crippen molar-refractivity contribution in [2.24, 2.45) is 0 Å². The van der Waals surface area contributed by atoms with Crippen molar-refractivity contribution in [3.8, 4) is 0 Å². The van der Waals surface area contributed by atoms with Gasteiger partial charge in [0.05, 0.1) is 5.56 Å². The number of carboxylic acids is 1. The maximum Gasteiger partial charge on any atom is 0.338 e. The molecule has 0 bridgehead atoms. The molecular formula is C24H27Cl2FN2O2. The zero-order valence-corrected chi connectivity index (χ0v) is 19.3. The Morgan fingerprint density at radius 3 is 2.42 bits per heavy atom. The van der Waals surface area contributed by atoms with Gasteiger partial charge in [0.25, 0.3) is 0 Å². The minimum Gasteiger partial charge on any atom is -0.478 e. The summed E-state index contributed by atoms with van der Waals surface area (Å²) in [6.45, 7) is 7.59.